The van der Waals surface area contributed by atoms with Crippen LogP contribution in [-0.2, 0) is 4.74 Å². The Morgan fingerprint density at radius 3 is 2.86 bits per heavy atom. The van der Waals surface area contributed by atoms with Gasteiger partial charge in [0.1, 0.15) is 0 Å². The van der Waals surface area contributed by atoms with E-state index in [0.29, 0.717) is 18.9 Å². The molecule has 1 fully saturated rings. The fourth-order valence-electron chi connectivity index (χ4n) is 2.32. The lowest BCUT2D eigenvalue weighted by Crippen LogP contribution is -2.43. The number of hydrogen-bond donors (Lipinski definition) is 2. The van der Waals surface area contributed by atoms with E-state index in [2.05, 4.69) is 15.4 Å². The van der Waals surface area contributed by atoms with Gasteiger partial charge >= 0.3 is 6.36 Å². The molecule has 1 aromatic carbocycles. The van der Waals surface area contributed by atoms with Crippen molar-refractivity contribution in [2.75, 3.05) is 25.1 Å². The van der Waals surface area contributed by atoms with E-state index < -0.39 is 6.36 Å². The fourth-order valence-corrected chi connectivity index (χ4v) is 2.32. The molecule has 0 aromatic heterocycles. The van der Waals surface area contributed by atoms with Crippen LogP contribution in [0.5, 0.6) is 5.75 Å². The molecule has 1 aliphatic heterocycles. The van der Waals surface area contributed by atoms with E-state index >= 15 is 0 Å². The molecule has 1 saturated heterocycles. The van der Waals surface area contributed by atoms with Crippen molar-refractivity contribution in [2.24, 2.45) is 0 Å². The van der Waals surface area contributed by atoms with Crippen molar-refractivity contribution in [2.45, 2.75) is 31.8 Å². The van der Waals surface area contributed by atoms with Crippen molar-refractivity contribution in [3.8, 4) is 5.75 Å². The summed E-state index contributed by atoms with van der Waals surface area (Å²) in [6.07, 6.45) is -3.94. The lowest BCUT2D eigenvalue weighted by atomic mass is 10.1. The van der Waals surface area contributed by atoms with Gasteiger partial charge in [-0.3, -0.25) is 0 Å². The summed E-state index contributed by atoms with van der Waals surface area (Å²) >= 11 is 0. The molecule has 7 heteroatoms. The van der Waals surface area contributed by atoms with Crippen LogP contribution in [0.2, 0.25) is 0 Å². The lowest BCUT2D eigenvalue weighted by Gasteiger charge is -2.27. The van der Waals surface area contributed by atoms with Gasteiger partial charge in [0, 0.05) is 18.6 Å². The Morgan fingerprint density at radius 2 is 2.19 bits per heavy atom. The average Bonchev–Trinajstić information content (AvgIpc) is 2.40. The number of morpholine rings is 1. The number of alkyl halides is 3. The summed E-state index contributed by atoms with van der Waals surface area (Å²) in [7, 11) is 0. The first kappa shape index (κ1) is 15.9. The summed E-state index contributed by atoms with van der Waals surface area (Å²) in [5.41, 5.74) is 0.332. The van der Waals surface area contributed by atoms with E-state index in [-0.39, 0.29) is 17.8 Å². The van der Waals surface area contributed by atoms with E-state index in [1.165, 1.54) is 12.1 Å². The molecule has 2 atom stereocenters. The third-order valence-corrected chi connectivity index (χ3v) is 3.15. The molecule has 0 saturated carbocycles. The Balaban J connectivity index is 1.94. The minimum atomic E-state index is -4.69. The highest BCUT2D eigenvalue weighted by molar-refractivity contribution is 5.56. The number of ether oxygens (including phenoxy) is 2. The van der Waals surface area contributed by atoms with Crippen LogP contribution in [0.15, 0.2) is 24.3 Å². The largest absolute Gasteiger partial charge is 0.573 e. The SMILES string of the molecule is CC(CC1COCCN1)Nc1ccccc1OC(F)(F)F. The second kappa shape index (κ2) is 7.00. The highest BCUT2D eigenvalue weighted by atomic mass is 19.4. The van der Waals surface area contributed by atoms with Crippen LogP contribution in [-0.4, -0.2) is 38.2 Å². The fraction of sp³-hybridized carbons (Fsp3) is 0.571. The molecule has 0 spiro atoms. The molecule has 0 aliphatic carbocycles. The van der Waals surface area contributed by atoms with Gasteiger partial charge in [0.05, 0.1) is 18.9 Å². The molecule has 0 amide bonds. The standard InChI is InChI=1S/C14H19F3N2O2/c1-10(8-11-9-20-7-6-18-11)19-12-4-2-3-5-13(12)21-14(15,16)17/h2-5,10-11,18-19H,6-9H2,1H3. The van der Waals surface area contributed by atoms with Crippen LogP contribution in [0, 0.1) is 0 Å². The first-order chi connectivity index (χ1) is 9.94. The summed E-state index contributed by atoms with van der Waals surface area (Å²) in [5.74, 6) is -0.218. The van der Waals surface area contributed by atoms with Gasteiger partial charge in [-0.1, -0.05) is 12.1 Å². The zero-order valence-electron chi connectivity index (χ0n) is 11.7. The van der Waals surface area contributed by atoms with E-state index in [4.69, 9.17) is 4.74 Å². The number of para-hydroxylation sites is 2. The Labute approximate surface area is 121 Å². The van der Waals surface area contributed by atoms with Gasteiger partial charge in [0.15, 0.2) is 5.75 Å². The smallest absolute Gasteiger partial charge is 0.404 e. The van der Waals surface area contributed by atoms with Crippen molar-refractivity contribution >= 4 is 5.69 Å². The molecule has 2 unspecified atom stereocenters. The van der Waals surface area contributed by atoms with Gasteiger partial charge in [-0.25, -0.2) is 0 Å². The lowest BCUT2D eigenvalue weighted by molar-refractivity contribution is -0.274. The number of nitrogens with one attached hydrogen (secondary N) is 2. The summed E-state index contributed by atoms with van der Waals surface area (Å²) < 4.78 is 46.4. The van der Waals surface area contributed by atoms with Crippen molar-refractivity contribution in [1.29, 1.82) is 0 Å². The van der Waals surface area contributed by atoms with E-state index in [0.717, 1.165) is 13.0 Å². The number of rotatable bonds is 5. The molecule has 0 bridgehead atoms. The highest BCUT2D eigenvalue weighted by Gasteiger charge is 2.32. The van der Waals surface area contributed by atoms with Gasteiger partial charge in [-0.05, 0) is 25.5 Å². The van der Waals surface area contributed by atoms with Crippen molar-refractivity contribution in [1.82, 2.24) is 5.32 Å². The van der Waals surface area contributed by atoms with Crippen LogP contribution in [0.25, 0.3) is 0 Å². The molecule has 2 N–H and O–H groups in total. The maximum atomic E-state index is 12.4. The van der Waals surface area contributed by atoms with E-state index in [9.17, 15) is 13.2 Å². The topological polar surface area (TPSA) is 42.5 Å². The minimum Gasteiger partial charge on any atom is -0.404 e. The second-order valence-corrected chi connectivity index (χ2v) is 5.05. The first-order valence-electron chi connectivity index (χ1n) is 6.86. The summed E-state index contributed by atoms with van der Waals surface area (Å²) in [6.45, 7) is 4.03. The van der Waals surface area contributed by atoms with Crippen molar-refractivity contribution < 1.29 is 22.6 Å². The van der Waals surface area contributed by atoms with E-state index in [1.807, 2.05) is 6.92 Å². The monoisotopic (exact) mass is 304 g/mol. The van der Waals surface area contributed by atoms with Gasteiger partial charge in [0.2, 0.25) is 0 Å². The molecule has 21 heavy (non-hydrogen) atoms. The van der Waals surface area contributed by atoms with Crippen LogP contribution < -0.4 is 15.4 Å². The van der Waals surface area contributed by atoms with Gasteiger partial charge < -0.3 is 20.1 Å². The Morgan fingerprint density at radius 1 is 1.43 bits per heavy atom. The minimum absolute atomic E-state index is 0.0119. The Hall–Kier alpha value is -1.47. The molecule has 0 radical (unpaired) electrons. The molecule has 1 aromatic rings. The predicted molar refractivity (Wildman–Crippen MR) is 73.4 cm³/mol. The normalized spacial score (nSPS) is 20.9. The van der Waals surface area contributed by atoms with Gasteiger partial charge in [0.25, 0.3) is 0 Å². The maximum absolute atomic E-state index is 12.4. The molecular weight excluding hydrogens is 285 g/mol. The molecule has 1 heterocycles. The molecule has 1 aliphatic rings. The molecule has 4 nitrogen and oxygen atoms in total. The zero-order valence-corrected chi connectivity index (χ0v) is 11.7. The highest BCUT2D eigenvalue weighted by Crippen LogP contribution is 2.30. The number of benzene rings is 1. The summed E-state index contributed by atoms with van der Waals surface area (Å²) in [4.78, 5) is 0. The average molecular weight is 304 g/mol. The van der Waals surface area contributed by atoms with Crippen molar-refractivity contribution in [3.05, 3.63) is 24.3 Å². The van der Waals surface area contributed by atoms with Crippen LogP contribution >= 0.6 is 0 Å². The van der Waals surface area contributed by atoms with Crippen molar-refractivity contribution in [3.63, 3.8) is 0 Å². The number of anilines is 1. The molecule has 2 rings (SSSR count). The van der Waals surface area contributed by atoms with Gasteiger partial charge in [-0.2, -0.15) is 0 Å². The third-order valence-electron chi connectivity index (χ3n) is 3.15. The van der Waals surface area contributed by atoms with Gasteiger partial charge in [-0.15, -0.1) is 13.2 Å². The quantitative estimate of drug-likeness (QED) is 0.878. The Kier molecular flexibility index (Phi) is 5.30. The Bertz CT molecular complexity index is 448. The molecular formula is C14H19F3N2O2. The van der Waals surface area contributed by atoms with Crippen LogP contribution in [0.1, 0.15) is 13.3 Å². The second-order valence-electron chi connectivity index (χ2n) is 5.05. The molecule has 118 valence electrons. The predicted octanol–water partition coefficient (Wildman–Crippen LogP) is 2.76. The summed E-state index contributed by atoms with van der Waals surface area (Å²) in [5, 5.41) is 6.37. The first-order valence-corrected chi connectivity index (χ1v) is 6.86. The summed E-state index contributed by atoms with van der Waals surface area (Å²) in [6, 6.07) is 6.24. The third kappa shape index (κ3) is 5.43. The van der Waals surface area contributed by atoms with E-state index in [1.54, 1.807) is 12.1 Å². The maximum Gasteiger partial charge on any atom is 0.573 e. The van der Waals surface area contributed by atoms with Crippen LogP contribution in [0.3, 0.4) is 0 Å². The van der Waals surface area contributed by atoms with Crippen LogP contribution in [0.4, 0.5) is 18.9 Å². The number of hydrogen-bond acceptors (Lipinski definition) is 4. The number of halogens is 3. The zero-order chi connectivity index (χ0) is 15.3.